The van der Waals surface area contributed by atoms with Gasteiger partial charge in [-0.2, -0.15) is 0 Å². The summed E-state index contributed by atoms with van der Waals surface area (Å²) in [6.45, 7) is 0.593. The number of nitrogens with zero attached hydrogens (tertiary/aromatic N) is 2. The second-order valence-corrected chi connectivity index (χ2v) is 8.54. The summed E-state index contributed by atoms with van der Waals surface area (Å²) in [4.78, 5) is 0. The first-order valence-corrected chi connectivity index (χ1v) is 10.3. The Balaban J connectivity index is 1.74. The Kier molecular flexibility index (Phi) is 4.33. The van der Waals surface area contributed by atoms with E-state index in [-0.39, 0.29) is 6.04 Å². The summed E-state index contributed by atoms with van der Waals surface area (Å²) in [6, 6.07) is 5.84. The maximum absolute atomic E-state index is 6.51. The molecule has 0 saturated carbocycles. The molecule has 146 valence electrons. The van der Waals surface area contributed by atoms with Gasteiger partial charge in [0.1, 0.15) is 21.8 Å². The number of benzene rings is 1. The van der Waals surface area contributed by atoms with Crippen LogP contribution in [0.25, 0.3) is 11.3 Å². The first-order valence-electron chi connectivity index (χ1n) is 8.84. The van der Waals surface area contributed by atoms with Crippen LogP contribution in [0.3, 0.4) is 0 Å². The SMILES string of the molecule is COc1cc2c(c(OC)c1C1CCc3cc(Cl)c(Cl)n31)Cn1c-2cc(Cl)c1Cl. The Hall–Kier alpha value is -1.46. The molecule has 2 aromatic heterocycles. The molecule has 2 aliphatic heterocycles. The molecule has 1 atom stereocenters. The van der Waals surface area contributed by atoms with E-state index < -0.39 is 0 Å². The Morgan fingerprint density at radius 3 is 2.43 bits per heavy atom. The highest BCUT2D eigenvalue weighted by Crippen LogP contribution is 2.52. The molecular formula is C20H16Cl4N2O2. The van der Waals surface area contributed by atoms with E-state index >= 15 is 0 Å². The van der Waals surface area contributed by atoms with Crippen molar-refractivity contribution >= 4 is 46.4 Å². The quantitative estimate of drug-likeness (QED) is 0.352. The maximum atomic E-state index is 6.51. The Bertz CT molecular complexity index is 1130. The molecule has 4 heterocycles. The lowest BCUT2D eigenvalue weighted by atomic mass is 9.95. The molecule has 0 N–H and O–H groups in total. The van der Waals surface area contributed by atoms with E-state index in [0.29, 0.717) is 26.9 Å². The summed E-state index contributed by atoms with van der Waals surface area (Å²) in [5.41, 5.74) is 5.13. The van der Waals surface area contributed by atoms with E-state index in [1.54, 1.807) is 14.2 Å². The minimum absolute atomic E-state index is 0.00998. The Labute approximate surface area is 182 Å². The number of ether oxygens (including phenoxy) is 2. The third-order valence-electron chi connectivity index (χ3n) is 5.72. The second kappa shape index (κ2) is 6.53. The number of hydrogen-bond acceptors (Lipinski definition) is 2. The van der Waals surface area contributed by atoms with E-state index in [1.165, 1.54) is 0 Å². The van der Waals surface area contributed by atoms with Crippen LogP contribution in [0.2, 0.25) is 20.4 Å². The van der Waals surface area contributed by atoms with Gasteiger partial charge in [-0.05, 0) is 31.0 Å². The largest absolute Gasteiger partial charge is 0.496 e. The number of fused-ring (bicyclic) bond motifs is 4. The molecule has 0 radical (unpaired) electrons. The lowest BCUT2D eigenvalue weighted by molar-refractivity contribution is 0.372. The van der Waals surface area contributed by atoms with Gasteiger partial charge in [-0.1, -0.05) is 46.4 Å². The fourth-order valence-electron chi connectivity index (χ4n) is 4.56. The van der Waals surface area contributed by atoms with Crippen LogP contribution in [0.1, 0.15) is 29.3 Å². The molecule has 2 aliphatic rings. The van der Waals surface area contributed by atoms with Crippen molar-refractivity contribution in [1.29, 1.82) is 0 Å². The summed E-state index contributed by atoms with van der Waals surface area (Å²) in [5, 5.41) is 2.18. The van der Waals surface area contributed by atoms with Crippen LogP contribution in [-0.4, -0.2) is 23.4 Å². The van der Waals surface area contributed by atoms with Gasteiger partial charge >= 0.3 is 0 Å². The highest BCUT2D eigenvalue weighted by Gasteiger charge is 2.36. The summed E-state index contributed by atoms with van der Waals surface area (Å²) in [7, 11) is 3.35. The standard InChI is InChI=1S/C20H16Cl4N2O2/c1-27-16-6-10-11(8-25-15(10)7-13(22)19(25)23)18(28-2)17(16)14-4-3-9-5-12(21)20(24)26(9)14/h5-7,14H,3-4,8H2,1-2H3. The monoisotopic (exact) mass is 456 g/mol. The van der Waals surface area contributed by atoms with Gasteiger partial charge in [0.15, 0.2) is 0 Å². The lowest BCUT2D eigenvalue weighted by Crippen LogP contribution is -2.11. The van der Waals surface area contributed by atoms with Gasteiger partial charge in [0.05, 0.1) is 48.1 Å². The van der Waals surface area contributed by atoms with Crippen LogP contribution >= 0.6 is 46.4 Å². The zero-order valence-electron chi connectivity index (χ0n) is 15.2. The molecule has 0 aliphatic carbocycles. The average Bonchev–Trinajstić information content (AvgIpc) is 3.39. The van der Waals surface area contributed by atoms with Gasteiger partial charge in [0, 0.05) is 16.8 Å². The summed E-state index contributed by atoms with van der Waals surface area (Å²) in [6.07, 6.45) is 1.79. The normalized spacial score (nSPS) is 16.9. The predicted molar refractivity (Wildman–Crippen MR) is 113 cm³/mol. The molecular weight excluding hydrogens is 442 g/mol. The number of methoxy groups -OCH3 is 2. The molecule has 0 bridgehead atoms. The van der Waals surface area contributed by atoms with Gasteiger partial charge in [-0.15, -0.1) is 0 Å². The molecule has 0 spiro atoms. The van der Waals surface area contributed by atoms with E-state index in [1.807, 2.05) is 22.8 Å². The first-order chi connectivity index (χ1) is 13.5. The fraction of sp³-hybridized carbons (Fsp3) is 0.300. The van der Waals surface area contributed by atoms with Gasteiger partial charge in [-0.3, -0.25) is 0 Å². The minimum Gasteiger partial charge on any atom is -0.496 e. The van der Waals surface area contributed by atoms with Crippen molar-refractivity contribution < 1.29 is 9.47 Å². The summed E-state index contributed by atoms with van der Waals surface area (Å²) >= 11 is 25.4. The maximum Gasteiger partial charge on any atom is 0.133 e. The zero-order valence-corrected chi connectivity index (χ0v) is 18.2. The van der Waals surface area contributed by atoms with Gasteiger partial charge in [0.25, 0.3) is 0 Å². The fourth-order valence-corrected chi connectivity index (χ4v) is 5.47. The molecule has 1 aromatic carbocycles. The van der Waals surface area contributed by atoms with Crippen molar-refractivity contribution in [2.24, 2.45) is 0 Å². The van der Waals surface area contributed by atoms with Crippen molar-refractivity contribution in [3.8, 4) is 22.8 Å². The van der Waals surface area contributed by atoms with Crippen LogP contribution in [-0.2, 0) is 13.0 Å². The molecule has 0 amide bonds. The molecule has 1 unspecified atom stereocenters. The number of aromatic nitrogens is 2. The predicted octanol–water partition coefficient (Wildman–Crippen LogP) is 6.48. The molecule has 0 saturated heterocycles. The van der Waals surface area contributed by atoms with E-state index in [9.17, 15) is 0 Å². The number of hydrogen-bond donors (Lipinski definition) is 0. The summed E-state index contributed by atoms with van der Waals surface area (Å²) in [5.74, 6) is 1.54. The smallest absolute Gasteiger partial charge is 0.133 e. The highest BCUT2D eigenvalue weighted by atomic mass is 35.5. The third-order valence-corrected chi connectivity index (χ3v) is 7.28. The highest BCUT2D eigenvalue weighted by molar-refractivity contribution is 6.42. The molecule has 5 rings (SSSR count). The van der Waals surface area contributed by atoms with E-state index in [4.69, 9.17) is 55.9 Å². The second-order valence-electron chi connectivity index (χ2n) is 7.01. The van der Waals surface area contributed by atoms with Crippen molar-refractivity contribution in [3.63, 3.8) is 0 Å². The van der Waals surface area contributed by atoms with Gasteiger partial charge in [0.2, 0.25) is 0 Å². The van der Waals surface area contributed by atoms with Crippen LogP contribution in [0.5, 0.6) is 11.5 Å². The minimum atomic E-state index is -0.00998. The van der Waals surface area contributed by atoms with Crippen molar-refractivity contribution in [2.75, 3.05) is 14.2 Å². The van der Waals surface area contributed by atoms with Crippen LogP contribution in [0.4, 0.5) is 0 Å². The van der Waals surface area contributed by atoms with Crippen LogP contribution < -0.4 is 9.47 Å². The lowest BCUT2D eigenvalue weighted by Gasteiger charge is -2.23. The molecule has 28 heavy (non-hydrogen) atoms. The Morgan fingerprint density at radius 2 is 1.71 bits per heavy atom. The van der Waals surface area contributed by atoms with E-state index in [2.05, 4.69) is 4.57 Å². The molecule has 8 heteroatoms. The van der Waals surface area contributed by atoms with E-state index in [0.717, 1.165) is 52.4 Å². The Morgan fingerprint density at radius 1 is 0.964 bits per heavy atom. The number of aryl methyl sites for hydroxylation is 1. The van der Waals surface area contributed by atoms with Crippen LogP contribution in [0, 0.1) is 0 Å². The van der Waals surface area contributed by atoms with Gasteiger partial charge in [-0.25, -0.2) is 0 Å². The third kappa shape index (κ3) is 2.38. The average molecular weight is 458 g/mol. The van der Waals surface area contributed by atoms with Gasteiger partial charge < -0.3 is 18.6 Å². The number of halogens is 4. The zero-order chi connectivity index (χ0) is 19.7. The molecule has 0 fully saturated rings. The summed E-state index contributed by atoms with van der Waals surface area (Å²) < 4.78 is 15.8. The number of rotatable bonds is 3. The van der Waals surface area contributed by atoms with Crippen molar-refractivity contribution in [1.82, 2.24) is 9.13 Å². The topological polar surface area (TPSA) is 28.3 Å². The molecule has 4 nitrogen and oxygen atoms in total. The van der Waals surface area contributed by atoms with Crippen molar-refractivity contribution in [2.45, 2.75) is 25.4 Å². The van der Waals surface area contributed by atoms with Crippen molar-refractivity contribution in [3.05, 3.63) is 55.4 Å². The molecule has 3 aromatic rings. The first kappa shape index (κ1) is 18.6. The van der Waals surface area contributed by atoms with Crippen LogP contribution in [0.15, 0.2) is 18.2 Å².